The van der Waals surface area contributed by atoms with Gasteiger partial charge in [-0.2, -0.15) is 5.10 Å². The van der Waals surface area contributed by atoms with Gasteiger partial charge >= 0.3 is 0 Å². The zero-order valence-corrected chi connectivity index (χ0v) is 19.4. The highest BCUT2D eigenvalue weighted by Gasteiger charge is 2.12. The van der Waals surface area contributed by atoms with E-state index in [0.29, 0.717) is 37.2 Å². The van der Waals surface area contributed by atoms with Crippen molar-refractivity contribution in [2.24, 2.45) is 5.10 Å². The number of para-hydroxylation sites is 1. The van der Waals surface area contributed by atoms with E-state index in [4.69, 9.17) is 56.5 Å². The first-order valence-corrected chi connectivity index (χ1v) is 10.6. The van der Waals surface area contributed by atoms with Crippen molar-refractivity contribution in [3.8, 4) is 11.5 Å². The molecule has 3 aromatic carbocycles. The van der Waals surface area contributed by atoms with Crippen LogP contribution in [0.1, 0.15) is 11.1 Å². The molecule has 3 rings (SSSR count). The molecule has 0 amide bonds. The molecule has 0 aromatic heterocycles. The average Bonchev–Trinajstić information content (AvgIpc) is 2.77. The minimum Gasteiger partial charge on any atom is -0.493 e. The maximum absolute atomic E-state index is 6.23. The van der Waals surface area contributed by atoms with Crippen LogP contribution in [0.15, 0.2) is 65.8 Å². The summed E-state index contributed by atoms with van der Waals surface area (Å²) in [7, 11) is 1.56. The molecule has 0 aliphatic rings. The first-order valence-electron chi connectivity index (χ1n) is 9.06. The number of methoxy groups -OCH3 is 1. The second-order valence-corrected chi connectivity index (χ2v) is 7.81. The van der Waals surface area contributed by atoms with E-state index < -0.39 is 0 Å². The highest BCUT2D eigenvalue weighted by Crippen LogP contribution is 2.34. The molecule has 3 aromatic rings. The molecule has 5 nitrogen and oxygen atoms in total. The van der Waals surface area contributed by atoms with Crippen LogP contribution < -0.4 is 20.2 Å². The van der Waals surface area contributed by atoms with Crippen molar-refractivity contribution in [2.45, 2.75) is 6.61 Å². The second kappa shape index (κ2) is 11.2. The summed E-state index contributed by atoms with van der Waals surface area (Å²) in [6, 6.07) is 18.3. The van der Waals surface area contributed by atoms with Crippen molar-refractivity contribution in [3.05, 3.63) is 86.9 Å². The Morgan fingerprint density at radius 2 is 1.74 bits per heavy atom. The van der Waals surface area contributed by atoms with Crippen LogP contribution >= 0.6 is 47.0 Å². The molecule has 0 saturated heterocycles. The zero-order valence-electron chi connectivity index (χ0n) is 16.4. The lowest BCUT2D eigenvalue weighted by Gasteiger charge is -2.13. The highest BCUT2D eigenvalue weighted by molar-refractivity contribution is 7.80. The fraction of sp³-hybridized carbons (Fsp3) is 0.0909. The number of hydrazone groups is 1. The Balaban J connectivity index is 1.62. The number of benzene rings is 3. The van der Waals surface area contributed by atoms with Crippen LogP contribution in [-0.4, -0.2) is 18.4 Å². The molecule has 0 bridgehead atoms. The molecular formula is C22H18Cl3N3O2S. The van der Waals surface area contributed by atoms with Gasteiger partial charge in [-0.05, 0) is 60.2 Å². The molecule has 0 spiro atoms. The molecule has 0 heterocycles. The molecule has 0 aliphatic carbocycles. The molecule has 2 N–H and O–H groups in total. The van der Waals surface area contributed by atoms with Gasteiger partial charge in [0.2, 0.25) is 0 Å². The van der Waals surface area contributed by atoms with Gasteiger partial charge in [-0.1, -0.05) is 53.0 Å². The molecule has 0 fully saturated rings. The Kier molecular flexibility index (Phi) is 8.37. The Morgan fingerprint density at radius 1 is 1.00 bits per heavy atom. The minimum absolute atomic E-state index is 0.142. The van der Waals surface area contributed by atoms with Crippen LogP contribution in [0.25, 0.3) is 0 Å². The molecule has 0 aliphatic heterocycles. The van der Waals surface area contributed by atoms with E-state index in [9.17, 15) is 0 Å². The molecule has 160 valence electrons. The molecule has 0 atom stereocenters. The van der Waals surface area contributed by atoms with E-state index in [0.717, 1.165) is 11.3 Å². The predicted molar refractivity (Wildman–Crippen MR) is 132 cm³/mol. The van der Waals surface area contributed by atoms with E-state index in [1.54, 1.807) is 37.6 Å². The van der Waals surface area contributed by atoms with Crippen molar-refractivity contribution in [1.29, 1.82) is 0 Å². The number of ether oxygens (including phenoxy) is 2. The van der Waals surface area contributed by atoms with Gasteiger partial charge in [0.25, 0.3) is 0 Å². The maximum Gasteiger partial charge on any atom is 0.191 e. The highest BCUT2D eigenvalue weighted by atomic mass is 35.5. The minimum atomic E-state index is 0.142. The SMILES string of the molecule is COc1cc(/C=N\NC(=S)Nc2ccccc2)ccc1OCc1c(Cl)ccc(Cl)c1Cl. The van der Waals surface area contributed by atoms with E-state index in [1.165, 1.54) is 0 Å². The molecule has 31 heavy (non-hydrogen) atoms. The third kappa shape index (κ3) is 6.48. The first kappa shape index (κ1) is 23.2. The summed E-state index contributed by atoms with van der Waals surface area (Å²) < 4.78 is 11.3. The Labute approximate surface area is 200 Å². The molecule has 0 radical (unpaired) electrons. The number of anilines is 1. The lowest BCUT2D eigenvalue weighted by atomic mass is 10.2. The number of halogens is 3. The number of nitrogens with one attached hydrogen (secondary N) is 2. The van der Waals surface area contributed by atoms with Crippen LogP contribution in [0.5, 0.6) is 11.5 Å². The van der Waals surface area contributed by atoms with Crippen LogP contribution in [0.3, 0.4) is 0 Å². The molecule has 0 saturated carbocycles. The number of rotatable bonds is 7. The van der Waals surface area contributed by atoms with Gasteiger partial charge in [-0.3, -0.25) is 5.43 Å². The standard InChI is InChI=1S/C22H18Cl3N3O2S/c1-29-20-11-14(12-26-28-22(31)27-15-5-3-2-4-6-15)7-10-19(20)30-13-16-17(23)8-9-18(24)21(16)25/h2-12H,13H2,1H3,(H2,27,28,31)/b26-12-. The van der Waals surface area contributed by atoms with Crippen molar-refractivity contribution in [2.75, 3.05) is 12.4 Å². The smallest absolute Gasteiger partial charge is 0.191 e. The van der Waals surface area contributed by atoms with Crippen molar-refractivity contribution in [3.63, 3.8) is 0 Å². The predicted octanol–water partition coefficient (Wildman–Crippen LogP) is 6.55. The van der Waals surface area contributed by atoms with Gasteiger partial charge in [0.15, 0.2) is 16.6 Å². The molecule has 9 heteroatoms. The fourth-order valence-electron chi connectivity index (χ4n) is 2.58. The number of thiocarbonyl (C=S) groups is 1. The lowest BCUT2D eigenvalue weighted by Crippen LogP contribution is -2.23. The van der Waals surface area contributed by atoms with E-state index in [2.05, 4.69) is 15.8 Å². The van der Waals surface area contributed by atoms with Gasteiger partial charge < -0.3 is 14.8 Å². The third-order valence-electron chi connectivity index (χ3n) is 4.11. The van der Waals surface area contributed by atoms with Gasteiger partial charge in [0.1, 0.15) is 6.61 Å². The summed E-state index contributed by atoms with van der Waals surface area (Å²) >= 11 is 23.7. The van der Waals surface area contributed by atoms with E-state index in [-0.39, 0.29) is 6.61 Å². The summed E-state index contributed by atoms with van der Waals surface area (Å²) in [6.07, 6.45) is 1.62. The second-order valence-electron chi connectivity index (χ2n) is 6.21. The van der Waals surface area contributed by atoms with Crippen molar-refractivity contribution >= 4 is 64.0 Å². The van der Waals surface area contributed by atoms with Crippen molar-refractivity contribution < 1.29 is 9.47 Å². The molecule has 0 unspecified atom stereocenters. The largest absolute Gasteiger partial charge is 0.493 e. The quantitative estimate of drug-likeness (QED) is 0.169. The summed E-state index contributed by atoms with van der Waals surface area (Å²) in [5.41, 5.74) is 5.04. The third-order valence-corrected chi connectivity index (χ3v) is 5.50. The lowest BCUT2D eigenvalue weighted by molar-refractivity contribution is 0.284. The Bertz CT molecular complexity index is 1090. The average molecular weight is 495 g/mol. The van der Waals surface area contributed by atoms with Crippen LogP contribution in [0, 0.1) is 0 Å². The fourth-order valence-corrected chi connectivity index (χ4v) is 3.41. The van der Waals surface area contributed by atoms with Gasteiger partial charge in [-0.25, -0.2) is 0 Å². The first-order chi connectivity index (χ1) is 15.0. The Morgan fingerprint density at radius 3 is 2.48 bits per heavy atom. The summed E-state index contributed by atoms with van der Waals surface area (Å²) in [5.74, 6) is 1.06. The Hall–Kier alpha value is -2.51. The van der Waals surface area contributed by atoms with Gasteiger partial charge in [0, 0.05) is 16.3 Å². The van der Waals surface area contributed by atoms with E-state index in [1.807, 2.05) is 36.4 Å². The summed E-state index contributed by atoms with van der Waals surface area (Å²) in [4.78, 5) is 0. The number of hydrogen-bond donors (Lipinski definition) is 2. The monoisotopic (exact) mass is 493 g/mol. The number of nitrogens with zero attached hydrogens (tertiary/aromatic N) is 1. The normalized spacial score (nSPS) is 10.7. The maximum atomic E-state index is 6.23. The van der Waals surface area contributed by atoms with Crippen LogP contribution in [0.4, 0.5) is 5.69 Å². The van der Waals surface area contributed by atoms with Crippen LogP contribution in [0.2, 0.25) is 15.1 Å². The van der Waals surface area contributed by atoms with Gasteiger partial charge in [0.05, 0.1) is 23.4 Å². The van der Waals surface area contributed by atoms with Crippen molar-refractivity contribution in [1.82, 2.24) is 5.43 Å². The number of hydrogen-bond acceptors (Lipinski definition) is 4. The van der Waals surface area contributed by atoms with E-state index >= 15 is 0 Å². The summed E-state index contributed by atoms with van der Waals surface area (Å²) in [5, 5.41) is 8.81. The van der Waals surface area contributed by atoms with Gasteiger partial charge in [-0.15, -0.1) is 0 Å². The topological polar surface area (TPSA) is 54.9 Å². The molecular weight excluding hydrogens is 477 g/mol. The zero-order chi connectivity index (χ0) is 22.2. The van der Waals surface area contributed by atoms with Crippen LogP contribution in [-0.2, 0) is 6.61 Å². The summed E-state index contributed by atoms with van der Waals surface area (Å²) in [6.45, 7) is 0.142.